The fourth-order valence-electron chi connectivity index (χ4n) is 1.76. The lowest BCUT2D eigenvalue weighted by Gasteiger charge is -2.20. The largest absolute Gasteiger partial charge is 0.454 e. The molecule has 17 heavy (non-hydrogen) atoms. The predicted molar refractivity (Wildman–Crippen MR) is 69.8 cm³/mol. The lowest BCUT2D eigenvalue weighted by atomic mass is 10.1. The predicted octanol–water partition coefficient (Wildman–Crippen LogP) is 3.44. The quantitative estimate of drug-likeness (QED) is 0.616. The fraction of sp³-hybridized carbons (Fsp3) is 0.385. The Morgan fingerprint density at radius 3 is 2.94 bits per heavy atom. The molecule has 0 radical (unpaired) electrons. The monoisotopic (exact) mass is 298 g/mol. The molecule has 1 aromatic carbocycles. The van der Waals surface area contributed by atoms with E-state index in [0.717, 1.165) is 17.1 Å². The first-order valence-electron chi connectivity index (χ1n) is 5.48. The zero-order valence-electron chi connectivity index (χ0n) is 9.69. The van der Waals surface area contributed by atoms with Crippen molar-refractivity contribution in [3.63, 3.8) is 0 Å². The highest BCUT2D eigenvalue weighted by atomic mass is 79.9. The summed E-state index contributed by atoms with van der Waals surface area (Å²) in [5, 5.41) is 0. The molecule has 0 amide bonds. The van der Waals surface area contributed by atoms with Gasteiger partial charge in [-0.15, -0.1) is 6.58 Å². The maximum atomic E-state index is 5.74. The highest BCUT2D eigenvalue weighted by Gasteiger charge is 2.21. The van der Waals surface area contributed by atoms with E-state index < -0.39 is 0 Å². The highest BCUT2D eigenvalue weighted by Crippen LogP contribution is 2.36. The van der Waals surface area contributed by atoms with Crippen molar-refractivity contribution in [3.05, 3.63) is 36.4 Å². The van der Waals surface area contributed by atoms with E-state index in [2.05, 4.69) is 29.4 Å². The molecule has 4 heteroatoms. The Morgan fingerprint density at radius 2 is 2.24 bits per heavy atom. The van der Waals surface area contributed by atoms with Crippen LogP contribution in [0.2, 0.25) is 0 Å². The SMILES string of the molecule is C=CCO[C@H](c1ccc2c(c1)OCO2)[C@H](C)Br. The van der Waals surface area contributed by atoms with Crippen molar-refractivity contribution in [1.82, 2.24) is 0 Å². The maximum Gasteiger partial charge on any atom is 0.231 e. The van der Waals surface area contributed by atoms with Crippen molar-refractivity contribution in [2.45, 2.75) is 17.9 Å². The Bertz CT molecular complexity index is 404. The van der Waals surface area contributed by atoms with E-state index in [0.29, 0.717) is 13.4 Å². The Balaban J connectivity index is 2.20. The Morgan fingerprint density at radius 1 is 1.47 bits per heavy atom. The van der Waals surface area contributed by atoms with E-state index in [1.807, 2.05) is 18.2 Å². The van der Waals surface area contributed by atoms with Crippen LogP contribution in [0.15, 0.2) is 30.9 Å². The van der Waals surface area contributed by atoms with Crippen LogP contribution < -0.4 is 9.47 Å². The van der Waals surface area contributed by atoms with Gasteiger partial charge in [-0.3, -0.25) is 0 Å². The molecule has 0 unspecified atom stereocenters. The minimum absolute atomic E-state index is 0.0255. The molecule has 1 aliphatic rings. The van der Waals surface area contributed by atoms with Crippen LogP contribution in [0.4, 0.5) is 0 Å². The van der Waals surface area contributed by atoms with E-state index in [9.17, 15) is 0 Å². The first-order chi connectivity index (χ1) is 8.22. The summed E-state index contributed by atoms with van der Waals surface area (Å²) in [6.07, 6.45) is 1.72. The average molecular weight is 299 g/mol. The molecule has 0 bridgehead atoms. The van der Waals surface area contributed by atoms with Gasteiger partial charge in [-0.2, -0.15) is 0 Å². The van der Waals surface area contributed by atoms with Crippen LogP contribution in [0.1, 0.15) is 18.6 Å². The highest BCUT2D eigenvalue weighted by molar-refractivity contribution is 9.09. The summed E-state index contributed by atoms with van der Waals surface area (Å²) >= 11 is 3.56. The van der Waals surface area contributed by atoms with Crippen molar-refractivity contribution in [3.8, 4) is 11.5 Å². The molecular formula is C13H15BrO3. The van der Waals surface area contributed by atoms with Crippen LogP contribution >= 0.6 is 15.9 Å². The Hall–Kier alpha value is -1.00. The van der Waals surface area contributed by atoms with E-state index in [-0.39, 0.29) is 10.9 Å². The van der Waals surface area contributed by atoms with Crippen molar-refractivity contribution in [2.24, 2.45) is 0 Å². The van der Waals surface area contributed by atoms with Crippen LogP contribution in [0.5, 0.6) is 11.5 Å². The number of rotatable bonds is 5. The average Bonchev–Trinajstić information content (AvgIpc) is 2.76. The standard InChI is InChI=1S/C13H15BrO3/c1-3-6-15-13(9(2)14)10-4-5-11-12(7-10)17-8-16-11/h3-5,7,9,13H,1,6,8H2,2H3/t9-,13-/m0/s1. The van der Waals surface area contributed by atoms with E-state index in [1.165, 1.54) is 0 Å². The third-order valence-corrected chi connectivity index (χ3v) is 3.02. The molecule has 1 heterocycles. The first-order valence-corrected chi connectivity index (χ1v) is 6.40. The van der Waals surface area contributed by atoms with Crippen molar-refractivity contribution in [2.75, 3.05) is 13.4 Å². The maximum absolute atomic E-state index is 5.74. The van der Waals surface area contributed by atoms with Gasteiger partial charge in [-0.05, 0) is 24.6 Å². The van der Waals surface area contributed by atoms with Crippen LogP contribution in [0.3, 0.4) is 0 Å². The number of halogens is 1. The summed E-state index contributed by atoms with van der Waals surface area (Å²) in [5.41, 5.74) is 1.07. The molecule has 0 saturated carbocycles. The molecule has 2 atom stereocenters. The van der Waals surface area contributed by atoms with E-state index >= 15 is 0 Å². The number of ether oxygens (including phenoxy) is 3. The molecule has 0 aromatic heterocycles. The third-order valence-electron chi connectivity index (χ3n) is 2.54. The molecule has 1 aliphatic heterocycles. The van der Waals surface area contributed by atoms with Crippen LogP contribution in [0, 0.1) is 0 Å². The molecule has 0 N–H and O–H groups in total. The molecule has 0 aliphatic carbocycles. The second-order valence-corrected chi connectivity index (χ2v) is 5.28. The van der Waals surface area contributed by atoms with Gasteiger partial charge in [-0.25, -0.2) is 0 Å². The summed E-state index contributed by atoms with van der Waals surface area (Å²) < 4.78 is 16.4. The lowest BCUT2D eigenvalue weighted by Crippen LogP contribution is -2.13. The summed E-state index contributed by atoms with van der Waals surface area (Å²) in [6, 6.07) is 5.88. The molecule has 0 fully saturated rings. The van der Waals surface area contributed by atoms with E-state index in [4.69, 9.17) is 14.2 Å². The second-order valence-electron chi connectivity index (χ2n) is 3.83. The minimum atomic E-state index is -0.0255. The zero-order chi connectivity index (χ0) is 12.3. The van der Waals surface area contributed by atoms with Gasteiger partial charge in [0, 0.05) is 4.83 Å². The number of hydrogen-bond donors (Lipinski definition) is 0. The van der Waals surface area contributed by atoms with Gasteiger partial charge in [0.1, 0.15) is 0 Å². The van der Waals surface area contributed by atoms with E-state index in [1.54, 1.807) is 6.08 Å². The topological polar surface area (TPSA) is 27.7 Å². The molecule has 1 aromatic rings. The zero-order valence-corrected chi connectivity index (χ0v) is 11.3. The molecule has 2 rings (SSSR count). The Labute approximate surface area is 109 Å². The summed E-state index contributed by atoms with van der Waals surface area (Å²) in [7, 11) is 0. The lowest BCUT2D eigenvalue weighted by molar-refractivity contribution is 0.0767. The molecule has 0 saturated heterocycles. The summed E-state index contributed by atoms with van der Waals surface area (Å²) in [5.74, 6) is 1.57. The van der Waals surface area contributed by atoms with Gasteiger partial charge in [0.2, 0.25) is 6.79 Å². The Kier molecular flexibility index (Phi) is 4.07. The molecule has 0 spiro atoms. The summed E-state index contributed by atoms with van der Waals surface area (Å²) in [6.45, 7) is 6.53. The van der Waals surface area contributed by atoms with Crippen molar-refractivity contribution >= 4 is 15.9 Å². The number of fused-ring (bicyclic) bond motifs is 1. The number of alkyl halides is 1. The third kappa shape index (κ3) is 2.82. The molecule has 3 nitrogen and oxygen atoms in total. The molecular weight excluding hydrogens is 284 g/mol. The molecule has 92 valence electrons. The smallest absolute Gasteiger partial charge is 0.231 e. The fourth-order valence-corrected chi connectivity index (χ4v) is 2.21. The summed E-state index contributed by atoms with van der Waals surface area (Å²) in [4.78, 5) is 0.211. The number of benzene rings is 1. The van der Waals surface area contributed by atoms with Gasteiger partial charge in [0.25, 0.3) is 0 Å². The van der Waals surface area contributed by atoms with Gasteiger partial charge < -0.3 is 14.2 Å². The normalized spacial score (nSPS) is 16.6. The van der Waals surface area contributed by atoms with Gasteiger partial charge in [0.05, 0.1) is 12.7 Å². The van der Waals surface area contributed by atoms with Crippen LogP contribution in [-0.2, 0) is 4.74 Å². The van der Waals surface area contributed by atoms with Crippen molar-refractivity contribution in [1.29, 1.82) is 0 Å². The van der Waals surface area contributed by atoms with Gasteiger partial charge in [-0.1, -0.05) is 28.1 Å². The van der Waals surface area contributed by atoms with Crippen molar-refractivity contribution < 1.29 is 14.2 Å². The minimum Gasteiger partial charge on any atom is -0.454 e. The first kappa shape index (κ1) is 12.5. The van der Waals surface area contributed by atoms with Gasteiger partial charge in [0.15, 0.2) is 11.5 Å². The van der Waals surface area contributed by atoms with Crippen LogP contribution in [0.25, 0.3) is 0 Å². The van der Waals surface area contributed by atoms with Crippen LogP contribution in [-0.4, -0.2) is 18.2 Å². The number of hydrogen-bond acceptors (Lipinski definition) is 3. The second kappa shape index (κ2) is 5.56. The van der Waals surface area contributed by atoms with Gasteiger partial charge >= 0.3 is 0 Å².